The predicted molar refractivity (Wildman–Crippen MR) is 90.7 cm³/mol. The van der Waals surface area contributed by atoms with E-state index in [1.807, 2.05) is 30.3 Å². The van der Waals surface area contributed by atoms with Crippen molar-refractivity contribution in [3.63, 3.8) is 0 Å². The zero-order chi connectivity index (χ0) is 16.9. The van der Waals surface area contributed by atoms with Gasteiger partial charge < -0.3 is 5.32 Å². The second-order valence-corrected chi connectivity index (χ2v) is 5.64. The fourth-order valence-electron chi connectivity index (χ4n) is 2.42. The summed E-state index contributed by atoms with van der Waals surface area (Å²) in [6.45, 7) is 2.60. The monoisotopic (exact) mass is 323 g/mol. The fourth-order valence-corrected chi connectivity index (χ4v) is 2.42. The molecule has 0 radical (unpaired) electrons. The third-order valence-corrected chi connectivity index (χ3v) is 3.85. The Morgan fingerprint density at radius 1 is 1.12 bits per heavy atom. The first-order valence-electron chi connectivity index (χ1n) is 7.78. The quantitative estimate of drug-likeness (QED) is 0.780. The first-order valence-corrected chi connectivity index (χ1v) is 7.78. The summed E-state index contributed by atoms with van der Waals surface area (Å²) in [6.07, 6.45) is 1.68. The van der Waals surface area contributed by atoms with Crippen LogP contribution in [0.15, 0.2) is 66.9 Å². The average molecular weight is 323 g/mol. The van der Waals surface area contributed by atoms with Crippen molar-refractivity contribution >= 4 is 5.91 Å². The second-order valence-electron chi connectivity index (χ2n) is 5.64. The number of benzene rings is 2. The molecule has 1 atom stereocenters. The van der Waals surface area contributed by atoms with E-state index in [4.69, 9.17) is 0 Å². The molecule has 1 amide bonds. The largest absolute Gasteiger partial charge is 0.350 e. The minimum Gasteiger partial charge on any atom is -0.350 e. The van der Waals surface area contributed by atoms with Gasteiger partial charge in [0.25, 0.3) is 5.91 Å². The van der Waals surface area contributed by atoms with Crippen molar-refractivity contribution in [2.75, 3.05) is 6.54 Å². The highest BCUT2D eigenvalue weighted by atomic mass is 19.1. The molecule has 0 aliphatic heterocycles. The molecular weight excluding hydrogens is 305 g/mol. The van der Waals surface area contributed by atoms with Gasteiger partial charge in [0, 0.05) is 12.7 Å². The molecule has 0 saturated heterocycles. The minimum absolute atomic E-state index is 0.217. The summed E-state index contributed by atoms with van der Waals surface area (Å²) in [7, 11) is 0. The molecule has 0 fully saturated rings. The molecule has 122 valence electrons. The molecule has 24 heavy (non-hydrogen) atoms. The van der Waals surface area contributed by atoms with Crippen molar-refractivity contribution < 1.29 is 9.18 Å². The Bertz CT molecular complexity index is 812. The van der Waals surface area contributed by atoms with Crippen LogP contribution >= 0.6 is 0 Å². The summed E-state index contributed by atoms with van der Waals surface area (Å²) >= 11 is 0. The summed E-state index contributed by atoms with van der Waals surface area (Å²) in [4.78, 5) is 12.2. The van der Waals surface area contributed by atoms with E-state index >= 15 is 0 Å². The van der Waals surface area contributed by atoms with Crippen molar-refractivity contribution in [2.24, 2.45) is 0 Å². The molecule has 1 aromatic heterocycles. The van der Waals surface area contributed by atoms with E-state index in [0.29, 0.717) is 17.9 Å². The van der Waals surface area contributed by atoms with Gasteiger partial charge in [-0.2, -0.15) is 5.10 Å². The molecule has 0 spiro atoms. The number of nitrogens with one attached hydrogen (secondary N) is 1. The molecule has 0 bridgehead atoms. The van der Waals surface area contributed by atoms with Crippen LogP contribution in [0.4, 0.5) is 4.39 Å². The third kappa shape index (κ3) is 3.68. The molecule has 1 heterocycles. The van der Waals surface area contributed by atoms with Crippen LogP contribution in [0.25, 0.3) is 5.69 Å². The Kier molecular flexibility index (Phi) is 4.70. The highest BCUT2D eigenvalue weighted by Crippen LogP contribution is 2.13. The van der Waals surface area contributed by atoms with Crippen LogP contribution in [0.3, 0.4) is 0 Å². The Morgan fingerprint density at radius 3 is 2.54 bits per heavy atom. The molecule has 1 N–H and O–H groups in total. The van der Waals surface area contributed by atoms with Crippen molar-refractivity contribution in [3.8, 4) is 5.69 Å². The van der Waals surface area contributed by atoms with Crippen LogP contribution in [0.1, 0.15) is 28.9 Å². The Morgan fingerprint density at radius 2 is 1.83 bits per heavy atom. The molecule has 0 unspecified atom stereocenters. The Labute approximate surface area is 139 Å². The maximum absolute atomic E-state index is 13.0. The summed E-state index contributed by atoms with van der Waals surface area (Å²) in [5, 5.41) is 7.14. The van der Waals surface area contributed by atoms with Crippen molar-refractivity contribution in [1.29, 1.82) is 0 Å². The van der Waals surface area contributed by atoms with Gasteiger partial charge in [0.05, 0.1) is 5.69 Å². The topological polar surface area (TPSA) is 46.9 Å². The number of nitrogens with zero attached hydrogens (tertiary/aromatic N) is 2. The number of rotatable bonds is 5. The van der Waals surface area contributed by atoms with Crippen LogP contribution in [0.5, 0.6) is 0 Å². The van der Waals surface area contributed by atoms with Gasteiger partial charge in [-0.3, -0.25) is 4.79 Å². The lowest BCUT2D eigenvalue weighted by Crippen LogP contribution is -2.28. The summed E-state index contributed by atoms with van der Waals surface area (Å²) in [6, 6.07) is 17.6. The van der Waals surface area contributed by atoms with Crippen LogP contribution in [0.2, 0.25) is 0 Å². The summed E-state index contributed by atoms with van der Waals surface area (Å²) < 4.78 is 14.5. The number of hydrogen-bond acceptors (Lipinski definition) is 2. The van der Waals surface area contributed by atoms with Gasteiger partial charge in [-0.05, 0) is 41.8 Å². The molecule has 0 saturated carbocycles. The number of carbonyl (C=O) groups is 1. The SMILES string of the molecule is C[C@H](CNC(=O)c1ccn(-c2ccc(F)cc2)n1)c1ccccc1. The van der Waals surface area contributed by atoms with Crippen LogP contribution in [-0.2, 0) is 0 Å². The molecule has 2 aromatic carbocycles. The van der Waals surface area contributed by atoms with Crippen molar-refractivity contribution in [1.82, 2.24) is 15.1 Å². The van der Waals surface area contributed by atoms with E-state index < -0.39 is 0 Å². The fraction of sp³-hybridized carbons (Fsp3) is 0.158. The number of aromatic nitrogens is 2. The molecule has 0 aliphatic carbocycles. The predicted octanol–water partition coefficient (Wildman–Crippen LogP) is 3.54. The highest BCUT2D eigenvalue weighted by Gasteiger charge is 2.12. The lowest BCUT2D eigenvalue weighted by Gasteiger charge is -2.12. The smallest absolute Gasteiger partial charge is 0.271 e. The Balaban J connectivity index is 1.63. The van der Waals surface area contributed by atoms with Gasteiger partial charge in [0.15, 0.2) is 5.69 Å². The number of amides is 1. The van der Waals surface area contributed by atoms with E-state index in [2.05, 4.69) is 17.3 Å². The third-order valence-electron chi connectivity index (χ3n) is 3.85. The standard InChI is InChI=1S/C19H18FN3O/c1-14(15-5-3-2-4-6-15)13-21-19(24)18-11-12-23(22-18)17-9-7-16(20)8-10-17/h2-12,14H,13H2,1H3,(H,21,24)/t14-/m1/s1. The number of halogens is 1. The van der Waals surface area contributed by atoms with E-state index in [1.54, 1.807) is 29.1 Å². The lowest BCUT2D eigenvalue weighted by atomic mass is 10.0. The van der Waals surface area contributed by atoms with Gasteiger partial charge in [-0.1, -0.05) is 37.3 Å². The van der Waals surface area contributed by atoms with Crippen LogP contribution in [-0.4, -0.2) is 22.2 Å². The van der Waals surface area contributed by atoms with E-state index in [0.717, 1.165) is 0 Å². The van der Waals surface area contributed by atoms with Gasteiger partial charge >= 0.3 is 0 Å². The lowest BCUT2D eigenvalue weighted by molar-refractivity contribution is 0.0946. The van der Waals surface area contributed by atoms with Crippen molar-refractivity contribution in [3.05, 3.63) is 83.9 Å². The van der Waals surface area contributed by atoms with Gasteiger partial charge in [0.2, 0.25) is 0 Å². The van der Waals surface area contributed by atoms with E-state index in [1.165, 1.54) is 17.7 Å². The van der Waals surface area contributed by atoms with Crippen molar-refractivity contribution in [2.45, 2.75) is 12.8 Å². The summed E-state index contributed by atoms with van der Waals surface area (Å²) in [5.74, 6) is -0.313. The number of hydrogen-bond donors (Lipinski definition) is 1. The molecule has 4 nitrogen and oxygen atoms in total. The van der Waals surface area contributed by atoms with Gasteiger partial charge in [-0.25, -0.2) is 9.07 Å². The average Bonchev–Trinajstić information content (AvgIpc) is 3.11. The maximum Gasteiger partial charge on any atom is 0.271 e. The first kappa shape index (κ1) is 15.9. The highest BCUT2D eigenvalue weighted by molar-refractivity contribution is 5.92. The Hall–Kier alpha value is -2.95. The first-order chi connectivity index (χ1) is 11.6. The molecule has 5 heteroatoms. The zero-order valence-electron chi connectivity index (χ0n) is 13.3. The maximum atomic E-state index is 13.0. The second kappa shape index (κ2) is 7.08. The molecular formula is C19H18FN3O. The van der Waals surface area contributed by atoms with Crippen LogP contribution < -0.4 is 5.32 Å². The minimum atomic E-state index is -0.307. The molecule has 3 aromatic rings. The normalized spacial score (nSPS) is 11.9. The zero-order valence-corrected chi connectivity index (χ0v) is 13.3. The molecule has 0 aliphatic rings. The van der Waals surface area contributed by atoms with Gasteiger partial charge in [0.1, 0.15) is 5.82 Å². The van der Waals surface area contributed by atoms with E-state index in [9.17, 15) is 9.18 Å². The summed E-state index contributed by atoms with van der Waals surface area (Å²) in [5.41, 5.74) is 2.21. The number of carbonyl (C=O) groups excluding carboxylic acids is 1. The van der Waals surface area contributed by atoms with Crippen LogP contribution in [0, 0.1) is 5.82 Å². The molecule has 3 rings (SSSR count). The van der Waals surface area contributed by atoms with Gasteiger partial charge in [-0.15, -0.1) is 0 Å². The van der Waals surface area contributed by atoms with E-state index in [-0.39, 0.29) is 17.6 Å².